The Bertz CT molecular complexity index is 277. The first-order chi connectivity index (χ1) is 5.34. The number of alkyl halides is 1. The SMILES string of the molecule is Cc1sccc1C#CCCBr. The van der Waals surface area contributed by atoms with Gasteiger partial charge in [0.1, 0.15) is 0 Å². The van der Waals surface area contributed by atoms with E-state index in [1.54, 1.807) is 11.3 Å². The fourth-order valence-electron chi connectivity index (χ4n) is 0.720. The van der Waals surface area contributed by atoms with E-state index in [9.17, 15) is 0 Å². The Morgan fingerprint density at radius 3 is 3.00 bits per heavy atom. The van der Waals surface area contributed by atoms with Gasteiger partial charge < -0.3 is 0 Å². The van der Waals surface area contributed by atoms with E-state index in [2.05, 4.69) is 46.1 Å². The highest BCUT2D eigenvalue weighted by Crippen LogP contribution is 2.13. The molecule has 1 aromatic rings. The molecular formula is C9H9BrS. The van der Waals surface area contributed by atoms with Crippen LogP contribution in [0.4, 0.5) is 0 Å². The van der Waals surface area contributed by atoms with Gasteiger partial charge in [-0.15, -0.1) is 11.3 Å². The molecule has 0 amide bonds. The van der Waals surface area contributed by atoms with Gasteiger partial charge in [-0.2, -0.15) is 0 Å². The minimum absolute atomic E-state index is 0.926. The maximum atomic E-state index is 3.33. The fraction of sp³-hybridized carbons (Fsp3) is 0.333. The first-order valence-corrected chi connectivity index (χ1v) is 5.43. The molecule has 0 bridgehead atoms. The summed E-state index contributed by atoms with van der Waals surface area (Å²) in [5.41, 5.74) is 1.18. The quantitative estimate of drug-likeness (QED) is 0.512. The molecular weight excluding hydrogens is 220 g/mol. The molecule has 0 unspecified atom stereocenters. The Morgan fingerprint density at radius 2 is 2.45 bits per heavy atom. The van der Waals surface area contributed by atoms with Crippen LogP contribution in [0.5, 0.6) is 0 Å². The molecule has 0 aromatic carbocycles. The summed E-state index contributed by atoms with van der Waals surface area (Å²) in [5.74, 6) is 6.21. The van der Waals surface area contributed by atoms with E-state index in [4.69, 9.17) is 0 Å². The summed E-state index contributed by atoms with van der Waals surface area (Å²) in [6, 6.07) is 2.07. The summed E-state index contributed by atoms with van der Waals surface area (Å²) >= 11 is 5.08. The van der Waals surface area contributed by atoms with Gasteiger partial charge in [-0.25, -0.2) is 0 Å². The van der Waals surface area contributed by atoms with Crippen LogP contribution in [-0.4, -0.2) is 5.33 Å². The van der Waals surface area contributed by atoms with Crippen molar-refractivity contribution in [3.05, 3.63) is 21.9 Å². The molecule has 0 aliphatic rings. The van der Waals surface area contributed by atoms with Crippen molar-refractivity contribution < 1.29 is 0 Å². The largest absolute Gasteiger partial charge is 0.148 e. The fourth-order valence-corrected chi connectivity index (χ4v) is 1.57. The van der Waals surface area contributed by atoms with E-state index in [-0.39, 0.29) is 0 Å². The Kier molecular flexibility index (Phi) is 3.68. The normalized spacial score (nSPS) is 8.91. The van der Waals surface area contributed by atoms with Gasteiger partial charge in [-0.05, 0) is 18.4 Å². The van der Waals surface area contributed by atoms with Gasteiger partial charge >= 0.3 is 0 Å². The Morgan fingerprint density at radius 1 is 1.64 bits per heavy atom. The lowest BCUT2D eigenvalue weighted by Crippen LogP contribution is -1.71. The summed E-state index contributed by atoms with van der Waals surface area (Å²) in [7, 11) is 0. The predicted octanol–water partition coefficient (Wildman–Crippen LogP) is 3.19. The average molecular weight is 229 g/mol. The summed E-state index contributed by atoms with van der Waals surface area (Å²) in [6.45, 7) is 2.10. The third-order valence-corrected chi connectivity index (χ3v) is 2.54. The van der Waals surface area contributed by atoms with Crippen LogP contribution in [0.15, 0.2) is 11.4 Å². The second-order valence-electron chi connectivity index (χ2n) is 2.13. The van der Waals surface area contributed by atoms with Crippen molar-refractivity contribution in [2.45, 2.75) is 13.3 Å². The van der Waals surface area contributed by atoms with Crippen LogP contribution >= 0.6 is 27.3 Å². The highest BCUT2D eigenvalue weighted by atomic mass is 79.9. The monoisotopic (exact) mass is 228 g/mol. The molecule has 0 saturated carbocycles. The van der Waals surface area contributed by atoms with E-state index in [1.165, 1.54) is 10.4 Å². The van der Waals surface area contributed by atoms with E-state index in [0.717, 1.165) is 11.8 Å². The highest BCUT2D eigenvalue weighted by molar-refractivity contribution is 9.09. The lowest BCUT2D eigenvalue weighted by atomic mass is 10.3. The van der Waals surface area contributed by atoms with Crippen molar-refractivity contribution >= 4 is 27.3 Å². The molecule has 0 radical (unpaired) electrons. The van der Waals surface area contributed by atoms with Crippen LogP contribution in [0.2, 0.25) is 0 Å². The predicted molar refractivity (Wildman–Crippen MR) is 54.3 cm³/mol. The Labute approximate surface area is 79.8 Å². The summed E-state index contributed by atoms with van der Waals surface area (Å²) in [4.78, 5) is 1.31. The Hall–Kier alpha value is -0.260. The lowest BCUT2D eigenvalue weighted by molar-refractivity contribution is 1.32. The third kappa shape index (κ3) is 2.69. The maximum absolute atomic E-state index is 3.33. The summed E-state index contributed by atoms with van der Waals surface area (Å²) in [5, 5.41) is 3.04. The first kappa shape index (κ1) is 8.83. The zero-order chi connectivity index (χ0) is 8.10. The lowest BCUT2D eigenvalue weighted by Gasteiger charge is -1.83. The van der Waals surface area contributed by atoms with Crippen molar-refractivity contribution in [1.82, 2.24) is 0 Å². The molecule has 0 saturated heterocycles. The van der Waals surface area contributed by atoms with Crippen LogP contribution in [0, 0.1) is 18.8 Å². The molecule has 0 nitrogen and oxygen atoms in total. The summed E-state index contributed by atoms with van der Waals surface area (Å²) in [6.07, 6.45) is 0.926. The second-order valence-corrected chi connectivity index (χ2v) is 4.04. The molecule has 1 aromatic heterocycles. The van der Waals surface area contributed by atoms with Crippen LogP contribution < -0.4 is 0 Å². The van der Waals surface area contributed by atoms with Gasteiger partial charge in [-0.1, -0.05) is 27.8 Å². The van der Waals surface area contributed by atoms with E-state index in [0.29, 0.717) is 0 Å². The maximum Gasteiger partial charge on any atom is 0.0381 e. The molecule has 0 N–H and O–H groups in total. The molecule has 58 valence electrons. The molecule has 1 rings (SSSR count). The van der Waals surface area contributed by atoms with Crippen LogP contribution in [-0.2, 0) is 0 Å². The molecule has 1 heterocycles. The average Bonchev–Trinajstić information content (AvgIpc) is 2.37. The van der Waals surface area contributed by atoms with E-state index >= 15 is 0 Å². The van der Waals surface area contributed by atoms with Crippen LogP contribution in [0.3, 0.4) is 0 Å². The van der Waals surface area contributed by atoms with Gasteiger partial charge in [0.2, 0.25) is 0 Å². The number of rotatable bonds is 1. The number of halogens is 1. The topological polar surface area (TPSA) is 0 Å². The zero-order valence-electron chi connectivity index (χ0n) is 6.36. The molecule has 0 spiro atoms. The van der Waals surface area contributed by atoms with Gasteiger partial charge in [-0.3, -0.25) is 0 Å². The molecule has 11 heavy (non-hydrogen) atoms. The van der Waals surface area contributed by atoms with E-state index < -0.39 is 0 Å². The molecule has 0 fully saturated rings. The number of hydrogen-bond donors (Lipinski definition) is 0. The van der Waals surface area contributed by atoms with Crippen molar-refractivity contribution in [2.75, 3.05) is 5.33 Å². The number of hydrogen-bond acceptors (Lipinski definition) is 1. The van der Waals surface area contributed by atoms with Gasteiger partial charge in [0.05, 0.1) is 0 Å². The van der Waals surface area contributed by atoms with Gasteiger partial charge in [0, 0.05) is 22.2 Å². The van der Waals surface area contributed by atoms with Crippen molar-refractivity contribution in [3.8, 4) is 11.8 Å². The van der Waals surface area contributed by atoms with Gasteiger partial charge in [0.25, 0.3) is 0 Å². The highest BCUT2D eigenvalue weighted by Gasteiger charge is 1.92. The number of aryl methyl sites for hydroxylation is 1. The van der Waals surface area contributed by atoms with Crippen LogP contribution in [0.1, 0.15) is 16.9 Å². The van der Waals surface area contributed by atoms with E-state index in [1.807, 2.05) is 0 Å². The third-order valence-electron chi connectivity index (χ3n) is 1.30. The molecule has 2 heteroatoms. The number of thiophene rings is 1. The molecule has 0 atom stereocenters. The summed E-state index contributed by atoms with van der Waals surface area (Å²) < 4.78 is 0. The van der Waals surface area contributed by atoms with Crippen molar-refractivity contribution in [1.29, 1.82) is 0 Å². The minimum atomic E-state index is 0.926. The van der Waals surface area contributed by atoms with Crippen LogP contribution in [0.25, 0.3) is 0 Å². The molecule has 0 aliphatic heterocycles. The van der Waals surface area contributed by atoms with Crippen molar-refractivity contribution in [2.24, 2.45) is 0 Å². The standard InChI is InChI=1S/C9H9BrS/c1-8-9(5-7-11-8)4-2-3-6-10/h5,7H,3,6H2,1H3. The van der Waals surface area contributed by atoms with Gasteiger partial charge in [0.15, 0.2) is 0 Å². The van der Waals surface area contributed by atoms with Crippen molar-refractivity contribution in [3.63, 3.8) is 0 Å². The first-order valence-electron chi connectivity index (χ1n) is 3.43. The Balaban J connectivity index is 2.65. The zero-order valence-corrected chi connectivity index (χ0v) is 8.76. The second kappa shape index (κ2) is 4.58. The molecule has 0 aliphatic carbocycles. The minimum Gasteiger partial charge on any atom is -0.148 e. The smallest absolute Gasteiger partial charge is 0.0381 e.